The minimum atomic E-state index is -1.05. The highest BCUT2D eigenvalue weighted by molar-refractivity contribution is 5.77. The molecule has 0 spiro atoms. The zero-order chi connectivity index (χ0) is 22.6. The quantitative estimate of drug-likeness (QED) is 0.640. The van der Waals surface area contributed by atoms with Gasteiger partial charge in [-0.3, -0.25) is 14.2 Å². The molecule has 166 valence electrons. The van der Waals surface area contributed by atoms with Crippen LogP contribution >= 0.6 is 0 Å². The number of likely N-dealkylation sites (tertiary alicyclic amines) is 1. The van der Waals surface area contributed by atoms with E-state index in [1.54, 1.807) is 12.4 Å². The second-order valence-corrected chi connectivity index (χ2v) is 8.49. The van der Waals surface area contributed by atoms with Gasteiger partial charge in [-0.05, 0) is 24.3 Å². The molecule has 0 aliphatic carbocycles. The van der Waals surface area contributed by atoms with Crippen LogP contribution in [0, 0.1) is 0 Å². The minimum absolute atomic E-state index is 0.0941. The maximum atomic E-state index is 12.7. The third-order valence-electron chi connectivity index (χ3n) is 6.10. The summed E-state index contributed by atoms with van der Waals surface area (Å²) in [6.45, 7) is 3.14. The van der Waals surface area contributed by atoms with Crippen LogP contribution in [0.1, 0.15) is 37.7 Å². The summed E-state index contributed by atoms with van der Waals surface area (Å²) in [5.41, 5.74) is 0.998. The fraction of sp³-hybridized carbons (Fsp3) is 0.375. The van der Waals surface area contributed by atoms with Gasteiger partial charge in [-0.25, -0.2) is 15.0 Å². The molecule has 1 aliphatic heterocycles. The normalized spacial score (nSPS) is 16.5. The molecule has 1 amide bonds. The Kier molecular flexibility index (Phi) is 6.41. The van der Waals surface area contributed by atoms with Crippen molar-refractivity contribution < 1.29 is 9.90 Å². The molecule has 8 heteroatoms. The van der Waals surface area contributed by atoms with E-state index in [1.807, 2.05) is 35.2 Å². The zero-order valence-corrected chi connectivity index (χ0v) is 18.1. The highest BCUT2D eigenvalue weighted by Gasteiger charge is 2.34. The lowest BCUT2D eigenvalue weighted by Gasteiger charge is -2.38. The smallest absolute Gasteiger partial charge is 0.253 e. The molecule has 32 heavy (non-hydrogen) atoms. The van der Waals surface area contributed by atoms with Gasteiger partial charge in [0, 0.05) is 43.5 Å². The fourth-order valence-corrected chi connectivity index (χ4v) is 4.07. The van der Waals surface area contributed by atoms with Crippen molar-refractivity contribution in [3.63, 3.8) is 0 Å². The molecule has 1 aromatic carbocycles. The van der Waals surface area contributed by atoms with Crippen molar-refractivity contribution in [1.29, 1.82) is 0 Å². The van der Waals surface area contributed by atoms with Gasteiger partial charge < -0.3 is 10.0 Å². The van der Waals surface area contributed by atoms with E-state index in [-0.39, 0.29) is 23.9 Å². The van der Waals surface area contributed by atoms with Gasteiger partial charge >= 0.3 is 0 Å². The summed E-state index contributed by atoms with van der Waals surface area (Å²) in [4.78, 5) is 39.3. The molecule has 1 saturated heterocycles. The van der Waals surface area contributed by atoms with E-state index in [4.69, 9.17) is 0 Å². The van der Waals surface area contributed by atoms with E-state index in [0.29, 0.717) is 43.6 Å². The lowest BCUT2D eigenvalue weighted by Crippen LogP contribution is -2.49. The summed E-state index contributed by atoms with van der Waals surface area (Å²) in [5, 5.41) is 11.0. The van der Waals surface area contributed by atoms with E-state index in [9.17, 15) is 14.7 Å². The van der Waals surface area contributed by atoms with Crippen molar-refractivity contribution in [2.45, 2.75) is 44.2 Å². The van der Waals surface area contributed by atoms with Crippen molar-refractivity contribution in [3.8, 4) is 11.3 Å². The Balaban J connectivity index is 1.35. The number of piperidine rings is 1. The molecule has 2 aromatic heterocycles. The van der Waals surface area contributed by atoms with Gasteiger partial charge in [0.25, 0.3) is 5.56 Å². The maximum absolute atomic E-state index is 12.7. The molecule has 0 radical (unpaired) electrons. The van der Waals surface area contributed by atoms with Crippen molar-refractivity contribution in [2.75, 3.05) is 13.1 Å². The number of hydrogen-bond acceptors (Lipinski definition) is 6. The van der Waals surface area contributed by atoms with Crippen molar-refractivity contribution in [1.82, 2.24) is 24.4 Å². The van der Waals surface area contributed by atoms with Crippen LogP contribution < -0.4 is 5.56 Å². The predicted molar refractivity (Wildman–Crippen MR) is 120 cm³/mol. The topological polar surface area (TPSA) is 101 Å². The average Bonchev–Trinajstić information content (AvgIpc) is 2.82. The van der Waals surface area contributed by atoms with Crippen LogP contribution in [0.2, 0.25) is 0 Å². The summed E-state index contributed by atoms with van der Waals surface area (Å²) in [5.74, 6) is 0.236. The number of amides is 1. The van der Waals surface area contributed by atoms with Gasteiger partial charge in [-0.2, -0.15) is 0 Å². The van der Waals surface area contributed by atoms with Crippen molar-refractivity contribution in [3.05, 3.63) is 77.4 Å². The molecular formula is C24H27N5O3. The maximum Gasteiger partial charge on any atom is 0.253 e. The number of nitrogens with zero attached hydrogens (tertiary/aromatic N) is 5. The van der Waals surface area contributed by atoms with Gasteiger partial charge in [0.2, 0.25) is 5.91 Å². The molecule has 1 N–H and O–H groups in total. The zero-order valence-electron chi connectivity index (χ0n) is 18.1. The number of aromatic nitrogens is 4. The van der Waals surface area contributed by atoms with Crippen LogP contribution in [0.5, 0.6) is 0 Å². The van der Waals surface area contributed by atoms with Gasteiger partial charge in [0.1, 0.15) is 6.33 Å². The molecule has 1 fully saturated rings. The Morgan fingerprint density at radius 2 is 1.84 bits per heavy atom. The first-order valence-corrected chi connectivity index (χ1v) is 10.8. The number of benzene rings is 1. The molecule has 8 nitrogen and oxygen atoms in total. The number of aliphatic hydroxyl groups is 1. The first-order chi connectivity index (χ1) is 15.4. The Labute approximate surface area is 186 Å². The van der Waals surface area contributed by atoms with Crippen LogP contribution in [-0.2, 0) is 11.3 Å². The van der Waals surface area contributed by atoms with Crippen LogP contribution in [0.25, 0.3) is 11.3 Å². The summed E-state index contributed by atoms with van der Waals surface area (Å²) >= 11 is 0. The van der Waals surface area contributed by atoms with E-state index in [2.05, 4.69) is 21.9 Å². The predicted octanol–water partition coefficient (Wildman–Crippen LogP) is 2.25. The molecular weight excluding hydrogens is 406 g/mol. The molecule has 0 unspecified atom stereocenters. The molecule has 3 heterocycles. The second kappa shape index (κ2) is 9.40. The summed E-state index contributed by atoms with van der Waals surface area (Å²) in [7, 11) is 0. The molecule has 1 aliphatic rings. The van der Waals surface area contributed by atoms with Crippen LogP contribution in [0.4, 0.5) is 0 Å². The van der Waals surface area contributed by atoms with Gasteiger partial charge in [0.15, 0.2) is 0 Å². The van der Waals surface area contributed by atoms with Gasteiger partial charge in [0.05, 0.1) is 24.2 Å². The highest BCUT2D eigenvalue weighted by atomic mass is 16.3. The fourth-order valence-electron chi connectivity index (χ4n) is 4.07. The van der Waals surface area contributed by atoms with Crippen molar-refractivity contribution >= 4 is 5.91 Å². The Hall–Kier alpha value is -3.39. The van der Waals surface area contributed by atoms with Crippen LogP contribution in [0.3, 0.4) is 0 Å². The van der Waals surface area contributed by atoms with Crippen molar-refractivity contribution in [2.24, 2.45) is 0 Å². The largest absolute Gasteiger partial charge is 0.388 e. The minimum Gasteiger partial charge on any atom is -0.388 e. The molecule has 4 rings (SSSR count). The summed E-state index contributed by atoms with van der Waals surface area (Å²) < 4.78 is 1.42. The van der Waals surface area contributed by atoms with Crippen LogP contribution in [0.15, 0.2) is 66.2 Å². The third-order valence-corrected chi connectivity index (χ3v) is 6.10. The van der Waals surface area contributed by atoms with E-state index < -0.39 is 5.60 Å². The standard InChI is InChI=1S/C24H27N5O3/c1-18(19-5-3-2-4-6-19)11-22(30)28-9-7-24(32,8-10-28)15-29-17-27-21(12-23(29)31)20-13-25-16-26-14-20/h2-6,12-14,16-18,32H,7-11,15H2,1H3/t18-/m1/s1. The highest BCUT2D eigenvalue weighted by Crippen LogP contribution is 2.26. The number of rotatable bonds is 6. The SMILES string of the molecule is C[C@H](CC(=O)N1CCC(O)(Cn2cnc(-c3cncnc3)cc2=O)CC1)c1ccccc1. The van der Waals surface area contributed by atoms with E-state index in [0.717, 1.165) is 5.56 Å². The lowest BCUT2D eigenvalue weighted by molar-refractivity contribution is -0.136. The molecule has 0 bridgehead atoms. The number of carbonyl (C=O) groups excluding carboxylic acids is 1. The lowest BCUT2D eigenvalue weighted by atomic mass is 9.90. The first-order valence-electron chi connectivity index (χ1n) is 10.8. The van der Waals surface area contributed by atoms with Gasteiger partial charge in [-0.1, -0.05) is 37.3 Å². The van der Waals surface area contributed by atoms with E-state index in [1.165, 1.54) is 23.3 Å². The molecule has 1 atom stereocenters. The second-order valence-electron chi connectivity index (χ2n) is 8.49. The Morgan fingerprint density at radius 1 is 1.16 bits per heavy atom. The third kappa shape index (κ3) is 5.08. The number of hydrogen-bond donors (Lipinski definition) is 1. The summed E-state index contributed by atoms with van der Waals surface area (Å²) in [6, 6.07) is 11.4. The van der Waals surface area contributed by atoms with Crippen LogP contribution in [-0.4, -0.2) is 54.1 Å². The Morgan fingerprint density at radius 3 is 2.50 bits per heavy atom. The monoisotopic (exact) mass is 433 g/mol. The Bertz CT molecular complexity index is 1110. The summed E-state index contributed by atoms with van der Waals surface area (Å²) in [6.07, 6.45) is 7.33. The first kappa shape index (κ1) is 21.8. The molecule has 3 aromatic rings. The molecule has 0 saturated carbocycles. The van der Waals surface area contributed by atoms with Gasteiger partial charge in [-0.15, -0.1) is 0 Å². The average molecular weight is 434 g/mol. The van der Waals surface area contributed by atoms with E-state index >= 15 is 0 Å². The number of carbonyl (C=O) groups is 1.